The Balaban J connectivity index is 0.00000200. The zero-order valence-electron chi connectivity index (χ0n) is 11.2. The number of rotatable bonds is 5. The van der Waals surface area contributed by atoms with Crippen molar-refractivity contribution in [2.75, 3.05) is 31.6 Å². The monoisotopic (exact) mass is 299 g/mol. The molecule has 0 aliphatic carbocycles. The van der Waals surface area contributed by atoms with E-state index in [1.807, 2.05) is 6.92 Å². The minimum absolute atomic E-state index is 0. The van der Waals surface area contributed by atoms with Gasteiger partial charge in [-0.25, -0.2) is 0 Å². The molecule has 1 aliphatic heterocycles. The summed E-state index contributed by atoms with van der Waals surface area (Å²) in [5.74, 6) is 0.210. The van der Waals surface area contributed by atoms with Crippen LogP contribution in [0.1, 0.15) is 17.3 Å². The molecule has 110 valence electrons. The minimum Gasteiger partial charge on any atom is -0.482 e. The number of nitrogens with one attached hydrogen (secondary N) is 3. The van der Waals surface area contributed by atoms with E-state index in [4.69, 9.17) is 4.74 Å². The van der Waals surface area contributed by atoms with Gasteiger partial charge in [0, 0.05) is 18.7 Å². The number of hydrogen-bond acceptors (Lipinski definition) is 4. The van der Waals surface area contributed by atoms with Gasteiger partial charge in [0.25, 0.3) is 11.8 Å². The molecular formula is C13H18ClN3O3. The normalized spacial score (nSPS) is 12.6. The average molecular weight is 300 g/mol. The van der Waals surface area contributed by atoms with Gasteiger partial charge in [-0.3, -0.25) is 9.59 Å². The van der Waals surface area contributed by atoms with Gasteiger partial charge in [0.1, 0.15) is 5.75 Å². The first-order chi connectivity index (χ1) is 9.20. The molecule has 7 heteroatoms. The van der Waals surface area contributed by atoms with E-state index in [1.54, 1.807) is 18.2 Å². The van der Waals surface area contributed by atoms with Crippen molar-refractivity contribution in [2.45, 2.75) is 6.92 Å². The van der Waals surface area contributed by atoms with Crippen molar-refractivity contribution < 1.29 is 14.3 Å². The van der Waals surface area contributed by atoms with E-state index in [0.717, 1.165) is 13.1 Å². The fourth-order valence-electron chi connectivity index (χ4n) is 1.77. The summed E-state index contributed by atoms with van der Waals surface area (Å²) in [5.41, 5.74) is 1.04. The maximum Gasteiger partial charge on any atom is 0.262 e. The lowest BCUT2D eigenvalue weighted by Gasteiger charge is -2.18. The van der Waals surface area contributed by atoms with Crippen LogP contribution in [0.2, 0.25) is 0 Å². The van der Waals surface area contributed by atoms with Crippen LogP contribution < -0.4 is 20.7 Å². The van der Waals surface area contributed by atoms with Crippen LogP contribution >= 0.6 is 12.4 Å². The van der Waals surface area contributed by atoms with E-state index in [2.05, 4.69) is 16.0 Å². The highest BCUT2D eigenvalue weighted by atomic mass is 35.5. The first-order valence-electron chi connectivity index (χ1n) is 6.26. The molecule has 2 rings (SSSR count). The molecule has 0 fully saturated rings. The molecule has 1 aromatic rings. The lowest BCUT2D eigenvalue weighted by atomic mass is 10.1. The summed E-state index contributed by atoms with van der Waals surface area (Å²) in [4.78, 5) is 23.1. The lowest BCUT2D eigenvalue weighted by Crippen LogP contribution is -2.32. The van der Waals surface area contributed by atoms with Crippen molar-refractivity contribution in [3.05, 3.63) is 23.8 Å². The average Bonchev–Trinajstić information content (AvgIpc) is 2.42. The third kappa shape index (κ3) is 4.11. The van der Waals surface area contributed by atoms with Gasteiger partial charge in [0.15, 0.2) is 6.61 Å². The predicted octanol–water partition coefficient (Wildman–Crippen LogP) is 0.779. The van der Waals surface area contributed by atoms with Crippen molar-refractivity contribution in [1.29, 1.82) is 0 Å². The number of likely N-dealkylation sites (N-methyl/N-ethyl adjacent to an activating group) is 1. The fraction of sp³-hybridized carbons (Fsp3) is 0.385. The maximum absolute atomic E-state index is 11.9. The Morgan fingerprint density at radius 3 is 2.95 bits per heavy atom. The summed E-state index contributed by atoms with van der Waals surface area (Å²) >= 11 is 0. The molecule has 0 unspecified atom stereocenters. The van der Waals surface area contributed by atoms with Crippen LogP contribution in [0.3, 0.4) is 0 Å². The molecule has 20 heavy (non-hydrogen) atoms. The number of fused-ring (bicyclic) bond motifs is 1. The van der Waals surface area contributed by atoms with Gasteiger partial charge in [-0.1, -0.05) is 6.92 Å². The fourth-order valence-corrected chi connectivity index (χ4v) is 1.77. The van der Waals surface area contributed by atoms with Gasteiger partial charge in [0.2, 0.25) is 0 Å². The summed E-state index contributed by atoms with van der Waals surface area (Å²) in [6, 6.07) is 4.99. The Morgan fingerprint density at radius 1 is 1.40 bits per heavy atom. The summed E-state index contributed by atoms with van der Waals surface area (Å²) in [7, 11) is 0. The van der Waals surface area contributed by atoms with Gasteiger partial charge in [-0.2, -0.15) is 0 Å². The van der Waals surface area contributed by atoms with Crippen LogP contribution in [0, 0.1) is 0 Å². The third-order valence-corrected chi connectivity index (χ3v) is 2.71. The molecule has 0 spiro atoms. The van der Waals surface area contributed by atoms with Crippen LogP contribution in [0.4, 0.5) is 5.69 Å². The standard InChI is InChI=1S/C13H17N3O3.ClH/c1-2-14-5-6-15-13(18)9-3-4-11-10(7-9)16-12(17)8-19-11;/h3-4,7,14H,2,5-6,8H2,1H3,(H,15,18)(H,16,17);1H. The van der Waals surface area contributed by atoms with Crippen molar-refractivity contribution in [2.24, 2.45) is 0 Å². The number of carbonyl (C=O) groups is 2. The largest absolute Gasteiger partial charge is 0.482 e. The third-order valence-electron chi connectivity index (χ3n) is 2.71. The summed E-state index contributed by atoms with van der Waals surface area (Å²) in [6.45, 7) is 4.19. The van der Waals surface area contributed by atoms with Crippen molar-refractivity contribution >= 4 is 29.9 Å². The lowest BCUT2D eigenvalue weighted by molar-refractivity contribution is -0.118. The van der Waals surface area contributed by atoms with Gasteiger partial charge in [-0.15, -0.1) is 12.4 Å². The quantitative estimate of drug-likeness (QED) is 0.702. The van der Waals surface area contributed by atoms with Crippen molar-refractivity contribution in [3.63, 3.8) is 0 Å². The minimum atomic E-state index is -0.211. The molecule has 0 bridgehead atoms. The maximum atomic E-state index is 11.9. The van der Waals surface area contributed by atoms with Gasteiger partial charge >= 0.3 is 0 Å². The van der Waals surface area contributed by atoms with E-state index in [-0.39, 0.29) is 30.8 Å². The molecule has 0 radical (unpaired) electrons. The zero-order chi connectivity index (χ0) is 13.7. The van der Waals surface area contributed by atoms with Crippen molar-refractivity contribution in [1.82, 2.24) is 10.6 Å². The van der Waals surface area contributed by atoms with Crippen LogP contribution in [-0.4, -0.2) is 38.1 Å². The molecule has 0 saturated heterocycles. The zero-order valence-corrected chi connectivity index (χ0v) is 12.0. The van der Waals surface area contributed by atoms with E-state index < -0.39 is 0 Å². The number of halogens is 1. The number of hydrogen-bond donors (Lipinski definition) is 3. The second-order valence-corrected chi connectivity index (χ2v) is 4.16. The SMILES string of the molecule is CCNCCNC(=O)c1ccc2c(c1)NC(=O)CO2.Cl. The van der Waals surface area contributed by atoms with Crippen LogP contribution in [0.25, 0.3) is 0 Å². The second kappa shape index (κ2) is 7.72. The second-order valence-electron chi connectivity index (χ2n) is 4.16. The molecule has 6 nitrogen and oxygen atoms in total. The van der Waals surface area contributed by atoms with E-state index >= 15 is 0 Å². The molecule has 1 heterocycles. The molecule has 3 N–H and O–H groups in total. The molecule has 0 aromatic heterocycles. The Labute approximate surface area is 123 Å². The highest BCUT2D eigenvalue weighted by Gasteiger charge is 2.17. The van der Waals surface area contributed by atoms with Gasteiger partial charge in [0.05, 0.1) is 5.69 Å². The van der Waals surface area contributed by atoms with E-state index in [0.29, 0.717) is 23.5 Å². The smallest absolute Gasteiger partial charge is 0.262 e. The predicted molar refractivity (Wildman–Crippen MR) is 78.7 cm³/mol. The Hall–Kier alpha value is -1.79. The summed E-state index contributed by atoms with van der Waals surface area (Å²) < 4.78 is 5.23. The number of anilines is 1. The Bertz CT molecular complexity index is 494. The van der Waals surface area contributed by atoms with Crippen LogP contribution in [0.15, 0.2) is 18.2 Å². The number of ether oxygens (including phenoxy) is 1. The molecule has 2 amide bonds. The molecule has 0 saturated carbocycles. The van der Waals surface area contributed by atoms with Crippen molar-refractivity contribution in [3.8, 4) is 5.75 Å². The molecule has 1 aliphatic rings. The first-order valence-corrected chi connectivity index (χ1v) is 6.26. The van der Waals surface area contributed by atoms with E-state index in [1.165, 1.54) is 0 Å². The first kappa shape index (κ1) is 16.3. The summed E-state index contributed by atoms with van der Waals surface area (Å²) in [5, 5.41) is 8.59. The highest BCUT2D eigenvalue weighted by Crippen LogP contribution is 2.28. The summed E-state index contributed by atoms with van der Waals surface area (Å²) in [6.07, 6.45) is 0. The molecule has 1 aromatic carbocycles. The van der Waals surface area contributed by atoms with Gasteiger partial charge in [-0.05, 0) is 24.7 Å². The number of amides is 2. The number of benzene rings is 1. The number of carbonyl (C=O) groups excluding carboxylic acids is 2. The van der Waals surface area contributed by atoms with Crippen LogP contribution in [-0.2, 0) is 4.79 Å². The van der Waals surface area contributed by atoms with Gasteiger partial charge < -0.3 is 20.7 Å². The topological polar surface area (TPSA) is 79.5 Å². The highest BCUT2D eigenvalue weighted by molar-refractivity contribution is 5.99. The Kier molecular flexibility index (Phi) is 6.27. The Morgan fingerprint density at radius 2 is 2.20 bits per heavy atom. The molecule has 0 atom stereocenters. The van der Waals surface area contributed by atoms with Crippen LogP contribution in [0.5, 0.6) is 5.75 Å². The molecular weight excluding hydrogens is 282 g/mol. The van der Waals surface area contributed by atoms with E-state index in [9.17, 15) is 9.59 Å².